The first-order chi connectivity index (χ1) is 7.25. The van der Waals surface area contributed by atoms with E-state index in [-0.39, 0.29) is 5.69 Å². The third kappa shape index (κ3) is 2.19. The lowest BCUT2D eigenvalue weighted by Gasteiger charge is -1.99. The average molecular weight is 203 g/mol. The molecule has 0 amide bonds. The van der Waals surface area contributed by atoms with Crippen LogP contribution in [0.2, 0.25) is 0 Å². The summed E-state index contributed by atoms with van der Waals surface area (Å²) in [4.78, 5) is 14.7. The van der Waals surface area contributed by atoms with Crippen LogP contribution in [0.25, 0.3) is 0 Å². The van der Waals surface area contributed by atoms with Gasteiger partial charge in [-0.15, -0.1) is 0 Å². The molecular formula is C10H9N3O2. The Bertz CT molecular complexity index is 465. The molecule has 2 rings (SSSR count). The minimum absolute atomic E-state index is 0.0472. The summed E-state index contributed by atoms with van der Waals surface area (Å²) >= 11 is 0. The highest BCUT2D eigenvalue weighted by molar-refractivity contribution is 5.85. The molecule has 5 nitrogen and oxygen atoms in total. The lowest BCUT2D eigenvalue weighted by molar-refractivity contribution is 0.0689. The second-order valence-corrected chi connectivity index (χ2v) is 3.02. The number of carboxylic acid groups (broad SMARTS) is 1. The normalized spacial score (nSPS) is 10.1. The van der Waals surface area contributed by atoms with E-state index in [4.69, 9.17) is 5.11 Å². The summed E-state index contributed by atoms with van der Waals surface area (Å²) in [6.45, 7) is 0.480. The molecule has 0 aromatic carbocycles. The Kier molecular flexibility index (Phi) is 2.45. The monoisotopic (exact) mass is 203 g/mol. The number of rotatable bonds is 3. The molecule has 2 aromatic heterocycles. The molecular weight excluding hydrogens is 194 g/mol. The van der Waals surface area contributed by atoms with Gasteiger partial charge in [0.25, 0.3) is 0 Å². The van der Waals surface area contributed by atoms with Gasteiger partial charge in [0.2, 0.25) is 0 Å². The number of aromatic nitrogens is 3. The first-order valence-corrected chi connectivity index (χ1v) is 4.42. The van der Waals surface area contributed by atoms with Crippen molar-refractivity contribution in [2.45, 2.75) is 6.54 Å². The van der Waals surface area contributed by atoms with Gasteiger partial charge in [0, 0.05) is 12.4 Å². The molecule has 0 bridgehead atoms. The van der Waals surface area contributed by atoms with Gasteiger partial charge in [-0.3, -0.25) is 9.67 Å². The zero-order chi connectivity index (χ0) is 10.7. The highest BCUT2D eigenvalue weighted by Gasteiger charge is 2.06. The van der Waals surface area contributed by atoms with Gasteiger partial charge < -0.3 is 5.11 Å². The van der Waals surface area contributed by atoms with Gasteiger partial charge in [-0.05, 0) is 18.2 Å². The van der Waals surface area contributed by atoms with Crippen molar-refractivity contribution in [2.75, 3.05) is 0 Å². The molecule has 5 heteroatoms. The zero-order valence-corrected chi connectivity index (χ0v) is 7.87. The van der Waals surface area contributed by atoms with Crippen LogP contribution in [0.4, 0.5) is 0 Å². The summed E-state index contributed by atoms with van der Waals surface area (Å²) in [6.07, 6.45) is 3.31. The third-order valence-corrected chi connectivity index (χ3v) is 1.91. The van der Waals surface area contributed by atoms with E-state index < -0.39 is 5.97 Å². The Morgan fingerprint density at radius 2 is 2.27 bits per heavy atom. The van der Waals surface area contributed by atoms with E-state index in [1.54, 1.807) is 17.1 Å². The largest absolute Gasteiger partial charge is 0.476 e. The first kappa shape index (κ1) is 9.39. The third-order valence-electron chi connectivity index (χ3n) is 1.91. The van der Waals surface area contributed by atoms with Crippen LogP contribution in [0.5, 0.6) is 0 Å². The molecule has 0 radical (unpaired) electrons. The smallest absolute Gasteiger partial charge is 0.356 e. The minimum Gasteiger partial charge on any atom is -0.476 e. The summed E-state index contributed by atoms with van der Waals surface area (Å²) < 4.78 is 1.55. The number of nitrogens with zero attached hydrogens (tertiary/aromatic N) is 3. The van der Waals surface area contributed by atoms with E-state index in [0.717, 1.165) is 5.69 Å². The van der Waals surface area contributed by atoms with Crippen LogP contribution in [0.3, 0.4) is 0 Å². The molecule has 2 aromatic rings. The Hall–Kier alpha value is -2.17. The summed E-state index contributed by atoms with van der Waals surface area (Å²) in [5.74, 6) is -1.02. The summed E-state index contributed by atoms with van der Waals surface area (Å²) in [5.41, 5.74) is 0.892. The Balaban J connectivity index is 2.15. The number of carbonyl (C=O) groups is 1. The van der Waals surface area contributed by atoms with Crippen molar-refractivity contribution in [3.8, 4) is 0 Å². The van der Waals surface area contributed by atoms with Crippen LogP contribution < -0.4 is 0 Å². The van der Waals surface area contributed by atoms with Crippen molar-refractivity contribution in [1.29, 1.82) is 0 Å². The van der Waals surface area contributed by atoms with Crippen molar-refractivity contribution in [1.82, 2.24) is 14.8 Å². The van der Waals surface area contributed by atoms with Crippen LogP contribution >= 0.6 is 0 Å². The molecule has 0 saturated heterocycles. The predicted octanol–water partition coefficient (Wildman–Crippen LogP) is 1.02. The summed E-state index contributed by atoms with van der Waals surface area (Å²) in [7, 11) is 0. The maximum Gasteiger partial charge on any atom is 0.356 e. The Morgan fingerprint density at radius 1 is 1.40 bits per heavy atom. The second-order valence-electron chi connectivity index (χ2n) is 3.02. The van der Waals surface area contributed by atoms with Gasteiger partial charge in [-0.1, -0.05) is 6.07 Å². The van der Waals surface area contributed by atoms with Crippen molar-refractivity contribution >= 4 is 5.97 Å². The van der Waals surface area contributed by atoms with Gasteiger partial charge >= 0.3 is 5.97 Å². The maximum atomic E-state index is 10.6. The van der Waals surface area contributed by atoms with E-state index in [1.165, 1.54) is 6.07 Å². The molecule has 0 atom stereocenters. The summed E-state index contributed by atoms with van der Waals surface area (Å²) in [5, 5.41) is 12.6. The first-order valence-electron chi connectivity index (χ1n) is 4.42. The molecule has 2 heterocycles. The number of hydrogen-bond acceptors (Lipinski definition) is 3. The highest BCUT2D eigenvalue weighted by atomic mass is 16.4. The Labute approximate surface area is 86.0 Å². The van der Waals surface area contributed by atoms with Crippen molar-refractivity contribution in [3.05, 3.63) is 48.0 Å². The van der Waals surface area contributed by atoms with Crippen LogP contribution in [-0.2, 0) is 6.54 Å². The Morgan fingerprint density at radius 3 is 2.87 bits per heavy atom. The molecule has 0 unspecified atom stereocenters. The number of hydrogen-bond donors (Lipinski definition) is 1. The maximum absolute atomic E-state index is 10.6. The van der Waals surface area contributed by atoms with E-state index in [9.17, 15) is 4.79 Å². The van der Waals surface area contributed by atoms with E-state index >= 15 is 0 Å². The lowest BCUT2D eigenvalue weighted by atomic mass is 10.3. The van der Waals surface area contributed by atoms with Crippen LogP contribution in [0.1, 0.15) is 16.2 Å². The number of carboxylic acids is 1. The van der Waals surface area contributed by atoms with Crippen LogP contribution in [0.15, 0.2) is 36.7 Å². The fraction of sp³-hybridized carbons (Fsp3) is 0.100. The second kappa shape index (κ2) is 3.91. The van der Waals surface area contributed by atoms with Crippen molar-refractivity contribution < 1.29 is 9.90 Å². The minimum atomic E-state index is -1.02. The molecule has 76 valence electrons. The van der Waals surface area contributed by atoms with E-state index in [1.807, 2.05) is 18.2 Å². The average Bonchev–Trinajstić information content (AvgIpc) is 2.68. The fourth-order valence-electron chi connectivity index (χ4n) is 1.22. The molecule has 1 N–H and O–H groups in total. The zero-order valence-electron chi connectivity index (χ0n) is 7.87. The van der Waals surface area contributed by atoms with Gasteiger partial charge in [-0.25, -0.2) is 4.79 Å². The molecule has 0 saturated carbocycles. The fourth-order valence-corrected chi connectivity index (χ4v) is 1.22. The van der Waals surface area contributed by atoms with Gasteiger partial charge in [0.1, 0.15) is 0 Å². The van der Waals surface area contributed by atoms with Crippen molar-refractivity contribution in [2.24, 2.45) is 0 Å². The van der Waals surface area contributed by atoms with Gasteiger partial charge in [0.15, 0.2) is 5.69 Å². The van der Waals surface area contributed by atoms with Crippen molar-refractivity contribution in [3.63, 3.8) is 0 Å². The van der Waals surface area contributed by atoms with Crippen LogP contribution in [0, 0.1) is 0 Å². The molecule has 0 aliphatic carbocycles. The SMILES string of the molecule is O=C(O)c1ccn(Cc2ccccn2)n1. The van der Waals surface area contributed by atoms with Gasteiger partial charge in [-0.2, -0.15) is 5.10 Å². The van der Waals surface area contributed by atoms with E-state index in [2.05, 4.69) is 10.1 Å². The standard InChI is InChI=1S/C10H9N3O2/c14-10(15)9-4-6-13(12-9)7-8-3-1-2-5-11-8/h1-6H,7H2,(H,14,15). The topological polar surface area (TPSA) is 68.0 Å². The number of aromatic carboxylic acids is 1. The molecule has 0 fully saturated rings. The quantitative estimate of drug-likeness (QED) is 0.808. The molecule has 0 spiro atoms. The predicted molar refractivity (Wildman–Crippen MR) is 52.5 cm³/mol. The molecule has 15 heavy (non-hydrogen) atoms. The molecule has 0 aliphatic rings. The van der Waals surface area contributed by atoms with E-state index in [0.29, 0.717) is 6.54 Å². The summed E-state index contributed by atoms with van der Waals surface area (Å²) in [6, 6.07) is 7.03. The lowest BCUT2D eigenvalue weighted by Crippen LogP contribution is -2.04. The highest BCUT2D eigenvalue weighted by Crippen LogP contribution is 2.00. The van der Waals surface area contributed by atoms with Gasteiger partial charge in [0.05, 0.1) is 12.2 Å². The van der Waals surface area contributed by atoms with Crippen LogP contribution in [-0.4, -0.2) is 25.8 Å². The molecule has 0 aliphatic heterocycles. The number of pyridine rings is 1.